The second kappa shape index (κ2) is 18.4. The molecule has 4 unspecified atom stereocenters. The SMILES string of the molecule is CC(C)=CCCCCC/C=C/[C@H]1CCC[C@@H]1CCCCC(OC1CCCCO1)C(C)(OC1CCCCO1)C(=O)O. The number of hydrogen-bond donors (Lipinski definition) is 1. The lowest BCUT2D eigenvalue weighted by atomic mass is 9.88. The lowest BCUT2D eigenvalue weighted by molar-refractivity contribution is -0.279. The molecule has 0 radical (unpaired) electrons. The monoisotopic (exact) mass is 562 g/mol. The molecule has 1 saturated carbocycles. The summed E-state index contributed by atoms with van der Waals surface area (Å²) >= 11 is 0. The number of rotatable bonds is 18. The molecule has 0 aromatic heterocycles. The molecule has 0 aromatic carbocycles. The van der Waals surface area contributed by atoms with Crippen LogP contribution >= 0.6 is 0 Å². The first-order valence-corrected chi connectivity index (χ1v) is 16.5. The third kappa shape index (κ3) is 11.6. The Kier molecular flexibility index (Phi) is 15.3. The summed E-state index contributed by atoms with van der Waals surface area (Å²) in [7, 11) is 0. The molecule has 0 amide bonds. The van der Waals surface area contributed by atoms with Gasteiger partial charge in [0, 0.05) is 13.2 Å². The number of unbranched alkanes of at least 4 members (excludes halogenated alkanes) is 5. The van der Waals surface area contributed by atoms with Gasteiger partial charge < -0.3 is 24.1 Å². The van der Waals surface area contributed by atoms with Crippen molar-refractivity contribution in [2.45, 2.75) is 161 Å². The molecule has 1 aliphatic carbocycles. The molecule has 6 nitrogen and oxygen atoms in total. The van der Waals surface area contributed by atoms with Crippen LogP contribution in [0.2, 0.25) is 0 Å². The highest BCUT2D eigenvalue weighted by Gasteiger charge is 2.47. The fourth-order valence-electron chi connectivity index (χ4n) is 6.47. The molecule has 3 fully saturated rings. The first-order chi connectivity index (χ1) is 19.4. The van der Waals surface area contributed by atoms with Crippen molar-refractivity contribution in [2.75, 3.05) is 13.2 Å². The number of aliphatic carboxylic acids is 1. The normalized spacial score (nSPS) is 27.9. The Morgan fingerprint density at radius 1 is 0.900 bits per heavy atom. The van der Waals surface area contributed by atoms with Crippen LogP contribution in [0.5, 0.6) is 0 Å². The minimum absolute atomic E-state index is 0.357. The zero-order valence-electron chi connectivity index (χ0n) is 25.7. The van der Waals surface area contributed by atoms with Crippen molar-refractivity contribution in [1.29, 1.82) is 0 Å². The van der Waals surface area contributed by atoms with E-state index in [1.807, 2.05) is 0 Å². The Bertz CT molecular complexity index is 762. The molecule has 40 heavy (non-hydrogen) atoms. The molecule has 230 valence electrons. The van der Waals surface area contributed by atoms with Crippen LogP contribution in [0.3, 0.4) is 0 Å². The second-order valence-corrected chi connectivity index (χ2v) is 12.7. The highest BCUT2D eigenvalue weighted by Crippen LogP contribution is 2.37. The van der Waals surface area contributed by atoms with E-state index in [4.69, 9.17) is 18.9 Å². The Morgan fingerprint density at radius 2 is 1.62 bits per heavy atom. The summed E-state index contributed by atoms with van der Waals surface area (Å²) in [5, 5.41) is 10.3. The molecule has 0 bridgehead atoms. The van der Waals surface area contributed by atoms with E-state index in [1.54, 1.807) is 6.92 Å². The predicted molar refractivity (Wildman–Crippen MR) is 160 cm³/mol. The summed E-state index contributed by atoms with van der Waals surface area (Å²) in [5.41, 5.74) is -0.0423. The van der Waals surface area contributed by atoms with E-state index in [0.717, 1.165) is 57.3 Å². The summed E-state index contributed by atoms with van der Waals surface area (Å²) < 4.78 is 24.1. The number of carboxylic acids is 1. The van der Waals surface area contributed by atoms with Crippen LogP contribution in [0, 0.1) is 11.8 Å². The maximum Gasteiger partial charge on any atom is 0.338 e. The summed E-state index contributed by atoms with van der Waals surface area (Å²) in [4.78, 5) is 12.6. The van der Waals surface area contributed by atoms with Gasteiger partial charge in [0.15, 0.2) is 18.2 Å². The van der Waals surface area contributed by atoms with Crippen molar-refractivity contribution in [1.82, 2.24) is 0 Å². The largest absolute Gasteiger partial charge is 0.479 e. The molecule has 2 aliphatic heterocycles. The molecule has 2 heterocycles. The minimum Gasteiger partial charge on any atom is -0.479 e. The topological polar surface area (TPSA) is 74.2 Å². The standard InChI is InChI=1S/C34H58O6/c1-27(2)17-8-6-4-5-7-9-18-28-20-16-21-29(28)19-10-11-22-30(39-31-23-12-14-25-37-31)34(3,33(35)36)40-32-24-13-15-26-38-32/h9,17-18,28-32H,4-8,10-16,19-26H2,1-3H3,(H,35,36)/b18-9+/t28-,29-,30?,31?,32?,34?/m0/s1. The first-order valence-electron chi connectivity index (χ1n) is 16.5. The highest BCUT2D eigenvalue weighted by molar-refractivity contribution is 5.77. The average molecular weight is 563 g/mol. The van der Waals surface area contributed by atoms with Crippen LogP contribution in [0.4, 0.5) is 0 Å². The third-order valence-electron chi connectivity index (χ3n) is 9.03. The second-order valence-electron chi connectivity index (χ2n) is 12.7. The van der Waals surface area contributed by atoms with Crippen molar-refractivity contribution < 1.29 is 28.8 Å². The summed E-state index contributed by atoms with van der Waals surface area (Å²) in [6, 6.07) is 0. The van der Waals surface area contributed by atoms with E-state index in [-0.39, 0.29) is 6.29 Å². The van der Waals surface area contributed by atoms with E-state index in [0.29, 0.717) is 25.6 Å². The lowest BCUT2D eigenvalue weighted by Crippen LogP contribution is -2.54. The van der Waals surface area contributed by atoms with Crippen LogP contribution in [0.1, 0.15) is 136 Å². The molecule has 0 aromatic rings. The first kappa shape index (κ1) is 33.3. The van der Waals surface area contributed by atoms with Crippen molar-refractivity contribution in [3.63, 3.8) is 0 Å². The van der Waals surface area contributed by atoms with Gasteiger partial charge in [-0.05, 0) is 122 Å². The quantitative estimate of drug-likeness (QED) is 0.133. The molecule has 0 spiro atoms. The molecule has 1 N–H and O–H groups in total. The number of ether oxygens (including phenoxy) is 4. The number of carboxylic acid groups (broad SMARTS) is 1. The van der Waals surface area contributed by atoms with Crippen molar-refractivity contribution >= 4 is 5.97 Å². The Morgan fingerprint density at radius 3 is 2.30 bits per heavy atom. The molecule has 3 rings (SSSR count). The van der Waals surface area contributed by atoms with Gasteiger partial charge in [-0.15, -0.1) is 0 Å². The summed E-state index contributed by atoms with van der Waals surface area (Å²) in [6.45, 7) is 7.30. The highest BCUT2D eigenvalue weighted by atomic mass is 16.7. The van der Waals surface area contributed by atoms with Gasteiger partial charge in [0.05, 0.1) is 0 Å². The van der Waals surface area contributed by atoms with Crippen LogP contribution in [0.15, 0.2) is 23.8 Å². The maximum absolute atomic E-state index is 12.6. The lowest BCUT2D eigenvalue weighted by Gasteiger charge is -2.39. The van der Waals surface area contributed by atoms with Crippen molar-refractivity contribution in [3.05, 3.63) is 23.8 Å². The van der Waals surface area contributed by atoms with Gasteiger partial charge in [-0.25, -0.2) is 4.79 Å². The average Bonchev–Trinajstić information content (AvgIpc) is 3.39. The smallest absolute Gasteiger partial charge is 0.338 e. The summed E-state index contributed by atoms with van der Waals surface area (Å²) in [6.07, 6.45) is 25.5. The molecule has 6 atom stereocenters. The van der Waals surface area contributed by atoms with Crippen molar-refractivity contribution in [2.24, 2.45) is 11.8 Å². The Hall–Kier alpha value is -1.21. The van der Waals surface area contributed by atoms with E-state index >= 15 is 0 Å². The van der Waals surface area contributed by atoms with Gasteiger partial charge in [-0.2, -0.15) is 0 Å². The third-order valence-corrected chi connectivity index (χ3v) is 9.03. The summed E-state index contributed by atoms with van der Waals surface area (Å²) in [5.74, 6) is 0.456. The van der Waals surface area contributed by atoms with Crippen molar-refractivity contribution in [3.8, 4) is 0 Å². The fourth-order valence-corrected chi connectivity index (χ4v) is 6.47. The van der Waals surface area contributed by atoms with Crippen LogP contribution in [-0.2, 0) is 23.7 Å². The minimum atomic E-state index is -1.47. The van der Waals surface area contributed by atoms with Gasteiger partial charge in [0.1, 0.15) is 6.10 Å². The van der Waals surface area contributed by atoms with Gasteiger partial charge in [0.2, 0.25) is 0 Å². The van der Waals surface area contributed by atoms with Gasteiger partial charge in [-0.3, -0.25) is 0 Å². The molecular formula is C34H58O6. The van der Waals surface area contributed by atoms with E-state index in [2.05, 4.69) is 32.1 Å². The fraction of sp³-hybridized carbons (Fsp3) is 0.853. The molecule has 2 saturated heterocycles. The molecule has 6 heteroatoms. The van der Waals surface area contributed by atoms with Gasteiger partial charge in [-0.1, -0.05) is 49.5 Å². The van der Waals surface area contributed by atoms with Crippen LogP contribution in [-0.4, -0.2) is 48.6 Å². The van der Waals surface area contributed by atoms with E-state index in [1.165, 1.54) is 63.4 Å². The number of allylic oxidation sites excluding steroid dienone is 4. The molecule has 3 aliphatic rings. The number of hydrogen-bond acceptors (Lipinski definition) is 5. The maximum atomic E-state index is 12.6. The predicted octanol–water partition coefficient (Wildman–Crippen LogP) is 8.73. The zero-order chi connectivity index (χ0) is 28.6. The number of carbonyl (C=O) groups is 1. The van der Waals surface area contributed by atoms with Gasteiger partial charge in [0.25, 0.3) is 0 Å². The molecular weight excluding hydrogens is 504 g/mol. The van der Waals surface area contributed by atoms with Crippen LogP contribution < -0.4 is 0 Å². The Labute approximate surface area is 244 Å². The Balaban J connectivity index is 1.47. The zero-order valence-corrected chi connectivity index (χ0v) is 25.7. The van der Waals surface area contributed by atoms with E-state index < -0.39 is 24.0 Å². The van der Waals surface area contributed by atoms with Gasteiger partial charge >= 0.3 is 5.97 Å². The van der Waals surface area contributed by atoms with Crippen LogP contribution in [0.25, 0.3) is 0 Å². The van der Waals surface area contributed by atoms with E-state index in [9.17, 15) is 9.90 Å².